The van der Waals surface area contributed by atoms with E-state index in [4.69, 9.17) is 5.26 Å². The van der Waals surface area contributed by atoms with Crippen LogP contribution >= 0.6 is 0 Å². The minimum Gasteiger partial charge on any atom is -0.323 e. The van der Waals surface area contributed by atoms with E-state index in [-0.39, 0.29) is 17.3 Å². The number of halogens is 1. The molecule has 0 aliphatic rings. The normalized spacial score (nSPS) is 9.92. The number of hydrogen-bond donors (Lipinski definition) is 2. The largest absolute Gasteiger partial charge is 0.323 e. The lowest BCUT2D eigenvalue weighted by molar-refractivity contribution is 0.102. The van der Waals surface area contributed by atoms with Crippen molar-refractivity contribution in [3.8, 4) is 6.07 Å². The predicted octanol–water partition coefficient (Wildman–Crippen LogP) is 3.48. The van der Waals surface area contributed by atoms with E-state index in [1.165, 1.54) is 30.5 Å². The van der Waals surface area contributed by atoms with Crippen LogP contribution in [0.5, 0.6) is 0 Å². The molecule has 0 saturated carbocycles. The van der Waals surface area contributed by atoms with Gasteiger partial charge in [0.15, 0.2) is 0 Å². The zero-order chi connectivity index (χ0) is 17.6. The van der Waals surface area contributed by atoms with Crippen molar-refractivity contribution in [3.63, 3.8) is 0 Å². The molecular formula is C18H12FN5O. The molecule has 1 heterocycles. The summed E-state index contributed by atoms with van der Waals surface area (Å²) in [6.07, 6.45) is 1.40. The van der Waals surface area contributed by atoms with Gasteiger partial charge in [-0.1, -0.05) is 24.3 Å². The standard InChI is InChI=1S/C18H12FN5O/c19-13-6-2-4-8-15(13)22-17(25)16-9-10-21-18(24-16)23-14-7-3-1-5-12(14)11-20/h1-10H,(H,22,25)(H,21,23,24). The van der Waals surface area contributed by atoms with Gasteiger partial charge in [0.1, 0.15) is 17.6 Å². The SMILES string of the molecule is N#Cc1ccccc1Nc1nccc(C(=O)Nc2ccccc2F)n1. The average Bonchev–Trinajstić information content (AvgIpc) is 2.64. The monoisotopic (exact) mass is 333 g/mol. The second kappa shape index (κ2) is 7.19. The molecule has 1 amide bonds. The maximum absolute atomic E-state index is 13.6. The Balaban J connectivity index is 1.81. The van der Waals surface area contributed by atoms with Gasteiger partial charge < -0.3 is 10.6 Å². The van der Waals surface area contributed by atoms with E-state index in [9.17, 15) is 9.18 Å². The summed E-state index contributed by atoms with van der Waals surface area (Å²) in [7, 11) is 0. The zero-order valence-corrected chi connectivity index (χ0v) is 12.9. The summed E-state index contributed by atoms with van der Waals surface area (Å²) in [5.41, 5.74) is 1.08. The molecular weight excluding hydrogens is 321 g/mol. The van der Waals surface area contributed by atoms with Crippen LogP contribution in [0.15, 0.2) is 60.8 Å². The third-order valence-electron chi connectivity index (χ3n) is 3.30. The second-order valence-electron chi connectivity index (χ2n) is 4.98. The molecule has 6 nitrogen and oxygen atoms in total. The van der Waals surface area contributed by atoms with E-state index in [2.05, 4.69) is 26.7 Å². The van der Waals surface area contributed by atoms with Gasteiger partial charge in [0.2, 0.25) is 5.95 Å². The minimum absolute atomic E-state index is 0.0650. The summed E-state index contributed by atoms with van der Waals surface area (Å²) < 4.78 is 13.6. The highest BCUT2D eigenvalue weighted by Crippen LogP contribution is 2.18. The number of anilines is 3. The number of carbonyl (C=O) groups is 1. The fourth-order valence-corrected chi connectivity index (χ4v) is 2.10. The molecule has 25 heavy (non-hydrogen) atoms. The van der Waals surface area contributed by atoms with Crippen LogP contribution < -0.4 is 10.6 Å². The van der Waals surface area contributed by atoms with E-state index in [1.54, 1.807) is 30.3 Å². The molecule has 3 rings (SSSR count). The first-order chi connectivity index (χ1) is 12.2. The van der Waals surface area contributed by atoms with Gasteiger partial charge in [-0.15, -0.1) is 0 Å². The fourth-order valence-electron chi connectivity index (χ4n) is 2.10. The Morgan fingerprint density at radius 2 is 1.76 bits per heavy atom. The van der Waals surface area contributed by atoms with Crippen molar-refractivity contribution in [2.24, 2.45) is 0 Å². The first-order valence-corrected chi connectivity index (χ1v) is 7.32. The zero-order valence-electron chi connectivity index (χ0n) is 12.9. The van der Waals surface area contributed by atoms with Crippen molar-refractivity contribution in [1.82, 2.24) is 9.97 Å². The summed E-state index contributed by atoms with van der Waals surface area (Å²) in [4.78, 5) is 20.4. The molecule has 2 N–H and O–H groups in total. The summed E-state index contributed by atoms with van der Waals surface area (Å²) in [6.45, 7) is 0. The third-order valence-corrected chi connectivity index (χ3v) is 3.30. The summed E-state index contributed by atoms with van der Waals surface area (Å²) >= 11 is 0. The molecule has 122 valence electrons. The number of rotatable bonds is 4. The number of para-hydroxylation sites is 2. The lowest BCUT2D eigenvalue weighted by Gasteiger charge is -2.08. The van der Waals surface area contributed by atoms with Crippen LogP contribution in [0.2, 0.25) is 0 Å². The van der Waals surface area contributed by atoms with Gasteiger partial charge in [-0.2, -0.15) is 5.26 Å². The van der Waals surface area contributed by atoms with Crippen molar-refractivity contribution >= 4 is 23.2 Å². The molecule has 0 aliphatic carbocycles. The van der Waals surface area contributed by atoms with Crippen LogP contribution in [0.1, 0.15) is 16.1 Å². The van der Waals surface area contributed by atoms with Gasteiger partial charge in [-0.25, -0.2) is 14.4 Å². The van der Waals surface area contributed by atoms with E-state index < -0.39 is 11.7 Å². The topological polar surface area (TPSA) is 90.7 Å². The highest BCUT2D eigenvalue weighted by Gasteiger charge is 2.12. The van der Waals surface area contributed by atoms with Crippen LogP contribution in [0.25, 0.3) is 0 Å². The maximum atomic E-state index is 13.6. The van der Waals surface area contributed by atoms with Crippen LogP contribution in [-0.2, 0) is 0 Å². The summed E-state index contributed by atoms with van der Waals surface area (Å²) in [6, 6.07) is 16.2. The van der Waals surface area contributed by atoms with Gasteiger partial charge in [0.05, 0.1) is 16.9 Å². The quantitative estimate of drug-likeness (QED) is 0.763. The second-order valence-corrected chi connectivity index (χ2v) is 4.98. The van der Waals surface area contributed by atoms with E-state index >= 15 is 0 Å². The van der Waals surface area contributed by atoms with E-state index in [0.29, 0.717) is 11.3 Å². The Hall–Kier alpha value is -3.79. The Bertz CT molecular complexity index is 967. The molecule has 0 fully saturated rings. The summed E-state index contributed by atoms with van der Waals surface area (Å²) in [5.74, 6) is -0.945. The van der Waals surface area contributed by atoms with Gasteiger partial charge in [0, 0.05) is 6.20 Å². The van der Waals surface area contributed by atoms with Gasteiger partial charge in [-0.3, -0.25) is 4.79 Å². The Kier molecular flexibility index (Phi) is 4.62. The lowest BCUT2D eigenvalue weighted by atomic mass is 10.2. The van der Waals surface area contributed by atoms with E-state index in [0.717, 1.165) is 0 Å². The molecule has 0 bridgehead atoms. The molecule has 0 atom stereocenters. The van der Waals surface area contributed by atoms with Gasteiger partial charge in [0.25, 0.3) is 5.91 Å². The molecule has 1 aromatic heterocycles. The van der Waals surface area contributed by atoms with Crippen molar-refractivity contribution in [2.75, 3.05) is 10.6 Å². The number of amides is 1. The Morgan fingerprint density at radius 3 is 2.52 bits per heavy atom. The van der Waals surface area contributed by atoms with E-state index in [1.807, 2.05) is 0 Å². The van der Waals surface area contributed by atoms with Crippen LogP contribution in [0.3, 0.4) is 0 Å². The third kappa shape index (κ3) is 3.76. The number of nitriles is 1. The smallest absolute Gasteiger partial charge is 0.274 e. The molecule has 0 unspecified atom stereocenters. The number of nitrogens with one attached hydrogen (secondary N) is 2. The summed E-state index contributed by atoms with van der Waals surface area (Å²) in [5, 5.41) is 14.4. The minimum atomic E-state index is -0.566. The van der Waals surface area contributed by atoms with Gasteiger partial charge >= 0.3 is 0 Å². The van der Waals surface area contributed by atoms with Gasteiger partial charge in [-0.05, 0) is 30.3 Å². The van der Waals surface area contributed by atoms with Crippen LogP contribution in [-0.4, -0.2) is 15.9 Å². The van der Waals surface area contributed by atoms with Crippen LogP contribution in [0.4, 0.5) is 21.7 Å². The number of hydrogen-bond acceptors (Lipinski definition) is 5. The Morgan fingerprint density at radius 1 is 1.04 bits per heavy atom. The molecule has 0 aliphatic heterocycles. The first-order valence-electron chi connectivity index (χ1n) is 7.32. The highest BCUT2D eigenvalue weighted by atomic mass is 19.1. The molecule has 0 saturated heterocycles. The number of benzene rings is 2. The number of nitrogens with zero attached hydrogens (tertiary/aromatic N) is 3. The molecule has 2 aromatic carbocycles. The van der Waals surface area contributed by atoms with Crippen molar-refractivity contribution in [2.45, 2.75) is 0 Å². The molecule has 0 spiro atoms. The fraction of sp³-hybridized carbons (Fsp3) is 0. The molecule has 3 aromatic rings. The van der Waals surface area contributed by atoms with Crippen LogP contribution in [0, 0.1) is 17.1 Å². The maximum Gasteiger partial charge on any atom is 0.274 e. The van der Waals surface area contributed by atoms with Crippen molar-refractivity contribution in [1.29, 1.82) is 5.26 Å². The van der Waals surface area contributed by atoms with Crippen molar-refractivity contribution in [3.05, 3.63) is 77.9 Å². The first kappa shape index (κ1) is 16.1. The molecule has 7 heteroatoms. The Labute approximate surface area is 143 Å². The predicted molar refractivity (Wildman–Crippen MR) is 90.8 cm³/mol. The lowest BCUT2D eigenvalue weighted by Crippen LogP contribution is -2.15. The highest BCUT2D eigenvalue weighted by molar-refractivity contribution is 6.03. The number of aromatic nitrogens is 2. The van der Waals surface area contributed by atoms with Crippen molar-refractivity contribution < 1.29 is 9.18 Å². The number of carbonyl (C=O) groups excluding carboxylic acids is 1. The molecule has 0 radical (unpaired) electrons. The average molecular weight is 333 g/mol.